The zero-order valence-electron chi connectivity index (χ0n) is 37.2. The van der Waals surface area contributed by atoms with Crippen LogP contribution in [-0.2, 0) is 20.1 Å². The molecule has 0 aliphatic rings. The van der Waals surface area contributed by atoms with Gasteiger partial charge in [0.1, 0.15) is 16.7 Å². The Morgan fingerprint density at radius 3 is 1.86 bits per heavy atom. The van der Waals surface area contributed by atoms with Crippen LogP contribution in [0.2, 0.25) is 19.6 Å². The van der Waals surface area contributed by atoms with Gasteiger partial charge < -0.3 is 18.4 Å². The molecule has 0 amide bonds. The number of nitrogens with zero attached hydrogens (tertiary/aromatic N) is 3. The van der Waals surface area contributed by atoms with Crippen molar-refractivity contribution in [3.8, 4) is 39.5 Å². The van der Waals surface area contributed by atoms with Gasteiger partial charge in [-0.2, -0.15) is 0 Å². The van der Waals surface area contributed by atoms with Gasteiger partial charge in [-0.25, -0.2) is 0 Å². The molecule has 5 nitrogen and oxygen atoms in total. The fraction of sp³-hybridized carbons (Fsp3) is 0.158. The molecule has 0 fully saturated rings. The number of fused-ring (bicyclic) bond motifs is 7. The SMILES string of the molecule is CC(C)c1cccc(C(C)C)c1-n1c(-c2[c-]ccc3c2oc2ccccc23)nc2ccccc21.C[Si](C)(C)c1cnc(-c2[c-]cccc2)cc1-c1cccc2c1oc1ccccc12.[Ir]. The summed E-state index contributed by atoms with van der Waals surface area (Å²) in [7, 11) is -1.63. The van der Waals surface area contributed by atoms with E-state index in [0.29, 0.717) is 11.8 Å². The summed E-state index contributed by atoms with van der Waals surface area (Å²) in [5, 5.41) is 5.85. The molecular weight excluding hydrogens is 979 g/mol. The van der Waals surface area contributed by atoms with Crippen molar-refractivity contribution in [1.29, 1.82) is 0 Å². The van der Waals surface area contributed by atoms with Crippen molar-refractivity contribution >= 4 is 68.2 Å². The minimum Gasteiger partial charge on any atom is -0.501 e. The molecule has 4 aromatic heterocycles. The van der Waals surface area contributed by atoms with E-state index >= 15 is 0 Å². The molecule has 64 heavy (non-hydrogen) atoms. The molecule has 0 atom stereocenters. The molecule has 319 valence electrons. The second-order valence-electron chi connectivity index (χ2n) is 18.0. The second-order valence-corrected chi connectivity index (χ2v) is 23.0. The number of aromatic nitrogens is 3. The van der Waals surface area contributed by atoms with E-state index in [1.807, 2.05) is 54.6 Å². The van der Waals surface area contributed by atoms with Gasteiger partial charge in [0.25, 0.3) is 0 Å². The average molecular weight is 1030 g/mol. The Labute approximate surface area is 389 Å². The molecule has 1 radical (unpaired) electrons. The van der Waals surface area contributed by atoms with Crippen molar-refractivity contribution in [2.24, 2.45) is 0 Å². The second kappa shape index (κ2) is 17.3. The van der Waals surface area contributed by atoms with Crippen LogP contribution in [0.25, 0.3) is 94.4 Å². The number of para-hydroxylation sites is 6. The number of imidazole rings is 1. The van der Waals surface area contributed by atoms with Gasteiger partial charge in [0.05, 0.1) is 30.5 Å². The molecule has 0 saturated carbocycles. The van der Waals surface area contributed by atoms with Crippen LogP contribution in [0.4, 0.5) is 0 Å². The van der Waals surface area contributed by atoms with Crippen molar-refractivity contribution in [1.82, 2.24) is 14.5 Å². The predicted molar refractivity (Wildman–Crippen MR) is 265 cm³/mol. The van der Waals surface area contributed by atoms with Gasteiger partial charge in [0, 0.05) is 53.7 Å². The maximum atomic E-state index is 6.40. The monoisotopic (exact) mass is 1030 g/mol. The fourth-order valence-electron chi connectivity index (χ4n) is 8.98. The maximum absolute atomic E-state index is 6.40. The van der Waals surface area contributed by atoms with E-state index < -0.39 is 8.07 Å². The normalized spacial score (nSPS) is 11.8. The van der Waals surface area contributed by atoms with Crippen molar-refractivity contribution in [2.75, 3.05) is 0 Å². The molecule has 0 spiro atoms. The van der Waals surface area contributed by atoms with Crippen molar-refractivity contribution < 1.29 is 28.9 Å². The van der Waals surface area contributed by atoms with E-state index in [0.717, 1.165) is 83.1 Å². The van der Waals surface area contributed by atoms with Crippen LogP contribution in [-0.4, -0.2) is 22.6 Å². The molecule has 0 saturated heterocycles. The van der Waals surface area contributed by atoms with Crippen molar-refractivity contribution in [3.63, 3.8) is 0 Å². The van der Waals surface area contributed by atoms with Crippen LogP contribution in [0.3, 0.4) is 0 Å². The molecule has 0 unspecified atom stereocenters. The third-order valence-corrected chi connectivity index (χ3v) is 14.1. The zero-order chi connectivity index (χ0) is 43.4. The van der Waals surface area contributed by atoms with E-state index in [-0.39, 0.29) is 20.1 Å². The molecule has 0 aliphatic carbocycles. The van der Waals surface area contributed by atoms with Crippen LogP contribution in [0.5, 0.6) is 0 Å². The molecule has 4 heterocycles. The summed E-state index contributed by atoms with van der Waals surface area (Å²) in [6.45, 7) is 16.1. The van der Waals surface area contributed by atoms with Crippen LogP contribution in [0.15, 0.2) is 167 Å². The number of hydrogen-bond donors (Lipinski definition) is 0. The molecular formula is C57H49IrN3O2Si-2. The predicted octanol–water partition coefficient (Wildman–Crippen LogP) is 15.3. The van der Waals surface area contributed by atoms with E-state index in [9.17, 15) is 0 Å². The van der Waals surface area contributed by atoms with Crippen LogP contribution < -0.4 is 5.19 Å². The molecule has 0 bridgehead atoms. The maximum Gasteiger partial charge on any atom is 0.143 e. The van der Waals surface area contributed by atoms with E-state index in [1.54, 1.807) is 0 Å². The average Bonchev–Trinajstić information content (AvgIpc) is 4.00. The van der Waals surface area contributed by atoms with Gasteiger partial charge in [0.2, 0.25) is 0 Å². The summed E-state index contributed by atoms with van der Waals surface area (Å²) in [4.78, 5) is 9.95. The smallest absolute Gasteiger partial charge is 0.143 e. The molecule has 11 rings (SSSR count). The van der Waals surface area contributed by atoms with E-state index in [1.165, 1.54) is 27.6 Å². The minimum atomic E-state index is -1.63. The van der Waals surface area contributed by atoms with Gasteiger partial charge >= 0.3 is 0 Å². The van der Waals surface area contributed by atoms with Gasteiger partial charge in [-0.1, -0.05) is 149 Å². The third kappa shape index (κ3) is 7.62. The topological polar surface area (TPSA) is 57.0 Å². The number of furan rings is 2. The standard InChI is InChI=1S/C31H27N2O.C26H22NOSi.Ir/c1-19(2)21-12-9-13-22(20(3)4)29(21)33-27-17-7-6-16-26(27)32-31(33)25-15-10-14-24-23-11-5-8-18-28(23)34-30(24)25;1-29(2,3)25-17-27-23(18-10-5-4-6-11-18)16-22(25)21-14-9-13-20-19-12-7-8-15-24(19)28-26(20)21;/h5-14,16-20H,1-4H3;4-10,12-17H,1-3H3;/q2*-1;. The Morgan fingerprint density at radius 1 is 0.578 bits per heavy atom. The van der Waals surface area contributed by atoms with Gasteiger partial charge in [0.15, 0.2) is 0 Å². The summed E-state index contributed by atoms with van der Waals surface area (Å²) in [6.07, 6.45) is 2.07. The minimum absolute atomic E-state index is 0. The molecule has 7 heteroatoms. The first-order chi connectivity index (χ1) is 30.6. The first-order valence-corrected chi connectivity index (χ1v) is 25.4. The Morgan fingerprint density at radius 2 is 1.19 bits per heavy atom. The van der Waals surface area contributed by atoms with Crippen molar-refractivity contribution in [2.45, 2.75) is 59.2 Å². The summed E-state index contributed by atoms with van der Waals surface area (Å²) < 4.78 is 15.1. The summed E-state index contributed by atoms with van der Waals surface area (Å²) in [5.74, 6) is 1.60. The molecule has 0 aliphatic heterocycles. The summed E-state index contributed by atoms with van der Waals surface area (Å²) in [5.41, 5.74) is 14.7. The Balaban J connectivity index is 0.000000161. The molecule has 11 aromatic rings. The van der Waals surface area contributed by atoms with Crippen LogP contribution in [0, 0.1) is 12.1 Å². The summed E-state index contributed by atoms with van der Waals surface area (Å²) >= 11 is 0. The quantitative estimate of drug-likeness (QED) is 0.118. The van der Waals surface area contributed by atoms with Crippen molar-refractivity contribution in [3.05, 3.63) is 181 Å². The van der Waals surface area contributed by atoms with Gasteiger partial charge in [-0.05, 0) is 63.7 Å². The van der Waals surface area contributed by atoms with E-state index in [2.05, 4.69) is 167 Å². The van der Waals surface area contributed by atoms with Gasteiger partial charge in [-0.3, -0.25) is 4.98 Å². The summed E-state index contributed by atoms with van der Waals surface area (Å²) in [6, 6.07) is 59.0. The number of benzene rings is 7. The number of pyridine rings is 1. The Kier molecular flexibility index (Phi) is 11.6. The zero-order valence-corrected chi connectivity index (χ0v) is 40.6. The van der Waals surface area contributed by atoms with Crippen LogP contribution >= 0.6 is 0 Å². The fourth-order valence-corrected chi connectivity index (χ4v) is 10.4. The first-order valence-electron chi connectivity index (χ1n) is 21.9. The Hall–Kier alpha value is -6.37. The van der Waals surface area contributed by atoms with Crippen LogP contribution in [0.1, 0.15) is 50.7 Å². The van der Waals surface area contributed by atoms with E-state index in [4.69, 9.17) is 18.8 Å². The third-order valence-electron chi connectivity index (χ3n) is 12.1. The van der Waals surface area contributed by atoms with Gasteiger partial charge in [-0.15, -0.1) is 54.1 Å². The first kappa shape index (κ1) is 42.9. The number of hydrogen-bond acceptors (Lipinski definition) is 4. The number of rotatable bonds is 7. The molecule has 7 aromatic carbocycles. The Bertz CT molecular complexity index is 3440. The molecule has 0 N–H and O–H groups in total. The largest absolute Gasteiger partial charge is 0.501 e.